The van der Waals surface area contributed by atoms with Crippen LogP contribution < -0.4 is 16.0 Å². The molecule has 1 amide bonds. The number of benzene rings is 1. The van der Waals surface area contributed by atoms with Gasteiger partial charge in [-0.25, -0.2) is 0 Å². The first-order valence-electron chi connectivity index (χ1n) is 5.56. The molecule has 0 unspecified atom stereocenters. The Morgan fingerprint density at radius 1 is 1.44 bits per heavy atom. The second-order valence-electron chi connectivity index (χ2n) is 3.88. The van der Waals surface area contributed by atoms with Crippen LogP contribution in [0, 0.1) is 0 Å². The highest BCUT2D eigenvalue weighted by Gasteiger charge is 2.12. The number of likely N-dealkylation sites (N-methyl/N-ethyl adjacent to an activating group) is 1. The average molecular weight is 251 g/mol. The maximum absolute atomic E-state index is 11.7. The zero-order valence-corrected chi connectivity index (χ0v) is 10.4. The Bertz CT molecular complexity index is 460. The molecule has 0 fully saturated rings. The molecule has 98 valence electrons. The Labute approximate surface area is 105 Å². The van der Waals surface area contributed by atoms with Gasteiger partial charge in [0.15, 0.2) is 0 Å². The molecule has 0 aliphatic heterocycles. The van der Waals surface area contributed by atoms with Crippen molar-refractivity contribution in [1.82, 2.24) is 5.32 Å². The number of nitrogens with two attached hydrogens (primary N) is 1. The third-order valence-electron chi connectivity index (χ3n) is 2.41. The maximum Gasteiger partial charge on any atom is 0.323 e. The summed E-state index contributed by atoms with van der Waals surface area (Å²) < 4.78 is 0. The molecule has 0 aliphatic carbocycles. The lowest BCUT2D eigenvalue weighted by atomic mass is 10.1. The number of hydrogen-bond acceptors (Lipinski definition) is 4. The van der Waals surface area contributed by atoms with Gasteiger partial charge in [-0.15, -0.1) is 0 Å². The zero-order chi connectivity index (χ0) is 13.7. The molecule has 6 heteroatoms. The Balaban J connectivity index is 3.00. The van der Waals surface area contributed by atoms with E-state index in [1.807, 2.05) is 6.92 Å². The van der Waals surface area contributed by atoms with Gasteiger partial charge in [-0.05, 0) is 25.1 Å². The maximum atomic E-state index is 11.7. The second-order valence-corrected chi connectivity index (χ2v) is 3.88. The van der Waals surface area contributed by atoms with Crippen molar-refractivity contribution < 1.29 is 14.7 Å². The van der Waals surface area contributed by atoms with E-state index in [-0.39, 0.29) is 12.5 Å². The van der Waals surface area contributed by atoms with Crippen LogP contribution in [0.2, 0.25) is 0 Å². The number of carbonyl (C=O) groups excluding carboxylic acids is 1. The number of amides is 1. The molecular weight excluding hydrogens is 234 g/mol. The number of rotatable bonds is 5. The summed E-state index contributed by atoms with van der Waals surface area (Å²) in [6, 6.07) is 4.79. The van der Waals surface area contributed by atoms with Gasteiger partial charge in [-0.1, -0.05) is 0 Å². The molecule has 0 bridgehead atoms. The first-order chi connectivity index (χ1) is 8.45. The highest BCUT2D eigenvalue weighted by molar-refractivity contribution is 5.96. The number of aliphatic carboxylic acids is 1. The van der Waals surface area contributed by atoms with Crippen LogP contribution in [0.5, 0.6) is 0 Å². The lowest BCUT2D eigenvalue weighted by Gasteiger charge is -2.19. The Morgan fingerprint density at radius 3 is 2.67 bits per heavy atom. The summed E-state index contributed by atoms with van der Waals surface area (Å²) in [5, 5.41) is 11.4. The van der Waals surface area contributed by atoms with Gasteiger partial charge in [0.2, 0.25) is 0 Å². The van der Waals surface area contributed by atoms with Crippen molar-refractivity contribution in [3.63, 3.8) is 0 Å². The summed E-state index contributed by atoms with van der Waals surface area (Å²) in [5.74, 6) is -1.16. The largest absolute Gasteiger partial charge is 0.480 e. The normalized spacial score (nSPS) is 9.89. The highest BCUT2D eigenvalue weighted by Crippen LogP contribution is 2.23. The van der Waals surface area contributed by atoms with Crippen LogP contribution >= 0.6 is 0 Å². The fourth-order valence-electron chi connectivity index (χ4n) is 1.57. The molecule has 0 saturated carbocycles. The van der Waals surface area contributed by atoms with Gasteiger partial charge in [0.1, 0.15) is 6.54 Å². The fourth-order valence-corrected chi connectivity index (χ4v) is 1.57. The molecule has 0 radical (unpaired) electrons. The van der Waals surface area contributed by atoms with Crippen LogP contribution in [0.3, 0.4) is 0 Å². The van der Waals surface area contributed by atoms with E-state index in [9.17, 15) is 9.59 Å². The van der Waals surface area contributed by atoms with Crippen molar-refractivity contribution in [1.29, 1.82) is 0 Å². The number of hydrogen-bond donors (Lipinski definition) is 3. The number of anilines is 2. The summed E-state index contributed by atoms with van der Waals surface area (Å²) in [5.41, 5.74) is 7.20. The average Bonchev–Trinajstić information content (AvgIpc) is 2.28. The summed E-state index contributed by atoms with van der Waals surface area (Å²) in [7, 11) is 1.61. The Morgan fingerprint density at radius 2 is 2.11 bits per heavy atom. The lowest BCUT2D eigenvalue weighted by Crippen LogP contribution is -2.27. The minimum Gasteiger partial charge on any atom is -0.480 e. The van der Waals surface area contributed by atoms with Crippen LogP contribution in [0.1, 0.15) is 17.3 Å². The highest BCUT2D eigenvalue weighted by atomic mass is 16.4. The van der Waals surface area contributed by atoms with E-state index >= 15 is 0 Å². The number of carbonyl (C=O) groups is 2. The fraction of sp³-hybridized carbons (Fsp3) is 0.333. The molecule has 0 heterocycles. The van der Waals surface area contributed by atoms with Crippen molar-refractivity contribution in [3.05, 3.63) is 23.8 Å². The zero-order valence-electron chi connectivity index (χ0n) is 10.4. The number of nitrogens with zero attached hydrogens (tertiary/aromatic N) is 1. The standard InChI is InChI=1S/C12H17N3O3/c1-3-14-12(18)8-4-5-9(13)10(6-8)15(2)7-11(16)17/h4-6H,3,7,13H2,1-2H3,(H,14,18)(H,16,17). The third-order valence-corrected chi connectivity index (χ3v) is 2.41. The quantitative estimate of drug-likeness (QED) is 0.664. The van der Waals surface area contributed by atoms with Crippen molar-refractivity contribution in [3.8, 4) is 0 Å². The number of carboxylic acid groups (broad SMARTS) is 1. The molecule has 0 atom stereocenters. The van der Waals surface area contributed by atoms with Crippen LogP contribution in [0.4, 0.5) is 11.4 Å². The van der Waals surface area contributed by atoms with Crippen molar-refractivity contribution in [2.75, 3.05) is 30.8 Å². The van der Waals surface area contributed by atoms with Crippen molar-refractivity contribution in [2.24, 2.45) is 0 Å². The van der Waals surface area contributed by atoms with Crippen LogP contribution in [-0.2, 0) is 4.79 Å². The van der Waals surface area contributed by atoms with Crippen LogP contribution in [-0.4, -0.2) is 37.1 Å². The first-order valence-corrected chi connectivity index (χ1v) is 5.56. The third kappa shape index (κ3) is 3.38. The van der Waals surface area contributed by atoms with Gasteiger partial charge < -0.3 is 21.1 Å². The van der Waals surface area contributed by atoms with Crippen molar-refractivity contribution in [2.45, 2.75) is 6.92 Å². The molecule has 0 saturated heterocycles. The Kier molecular flexibility index (Phi) is 4.53. The van der Waals surface area contributed by atoms with Crippen molar-refractivity contribution >= 4 is 23.3 Å². The smallest absolute Gasteiger partial charge is 0.323 e. The van der Waals surface area contributed by atoms with Gasteiger partial charge in [-0.3, -0.25) is 9.59 Å². The van der Waals surface area contributed by atoms with Gasteiger partial charge in [0.25, 0.3) is 5.91 Å². The molecule has 0 spiro atoms. The number of carboxylic acids is 1. The van der Waals surface area contributed by atoms with E-state index in [4.69, 9.17) is 10.8 Å². The van der Waals surface area contributed by atoms with E-state index in [0.717, 1.165) is 0 Å². The topological polar surface area (TPSA) is 95.7 Å². The van der Waals surface area contributed by atoms with E-state index < -0.39 is 5.97 Å². The second kappa shape index (κ2) is 5.90. The van der Waals surface area contributed by atoms with E-state index in [1.54, 1.807) is 25.2 Å². The molecule has 6 nitrogen and oxygen atoms in total. The molecule has 18 heavy (non-hydrogen) atoms. The molecule has 1 rings (SSSR count). The van der Waals surface area contributed by atoms with Gasteiger partial charge >= 0.3 is 5.97 Å². The molecule has 1 aromatic carbocycles. The van der Waals surface area contributed by atoms with Gasteiger partial charge in [0, 0.05) is 19.2 Å². The van der Waals surface area contributed by atoms with Gasteiger partial charge in [0.05, 0.1) is 11.4 Å². The number of nitrogen functional groups attached to an aromatic ring is 1. The van der Waals surface area contributed by atoms with Crippen LogP contribution in [0.15, 0.2) is 18.2 Å². The van der Waals surface area contributed by atoms with Crippen LogP contribution in [0.25, 0.3) is 0 Å². The molecule has 0 aliphatic rings. The van der Waals surface area contributed by atoms with E-state index in [2.05, 4.69) is 5.32 Å². The lowest BCUT2D eigenvalue weighted by molar-refractivity contribution is -0.135. The molecular formula is C12H17N3O3. The monoisotopic (exact) mass is 251 g/mol. The minimum absolute atomic E-state index is 0.178. The van der Waals surface area contributed by atoms with Gasteiger partial charge in [-0.2, -0.15) is 0 Å². The Hall–Kier alpha value is -2.24. The molecule has 4 N–H and O–H groups in total. The number of nitrogens with one attached hydrogen (secondary N) is 1. The van der Waals surface area contributed by atoms with E-state index in [1.165, 1.54) is 4.90 Å². The molecule has 1 aromatic rings. The summed E-state index contributed by atoms with van der Waals surface area (Å²) in [4.78, 5) is 23.8. The predicted molar refractivity (Wildman–Crippen MR) is 69.8 cm³/mol. The minimum atomic E-state index is -0.958. The summed E-state index contributed by atoms with van der Waals surface area (Å²) in [6.07, 6.45) is 0. The summed E-state index contributed by atoms with van der Waals surface area (Å²) >= 11 is 0. The van der Waals surface area contributed by atoms with E-state index in [0.29, 0.717) is 23.5 Å². The summed E-state index contributed by atoms with van der Waals surface area (Å²) in [6.45, 7) is 2.18. The SMILES string of the molecule is CCNC(=O)c1ccc(N)c(N(C)CC(=O)O)c1. The molecule has 0 aromatic heterocycles. The first kappa shape index (κ1) is 13.8. The predicted octanol–water partition coefficient (Wildman–Crippen LogP) is 0.539.